The molecule has 0 aliphatic rings. The second-order valence-corrected chi connectivity index (χ2v) is 3.70. The highest BCUT2D eigenvalue weighted by atomic mass is 31.2. The van der Waals surface area contributed by atoms with E-state index in [9.17, 15) is 26.5 Å². The topological polar surface area (TPSA) is 46.5 Å². The van der Waals surface area contributed by atoms with Gasteiger partial charge in [-0.3, -0.25) is 4.57 Å². The van der Waals surface area contributed by atoms with E-state index in [2.05, 4.69) is 4.52 Å². The summed E-state index contributed by atoms with van der Waals surface area (Å²) in [5, 5.41) is 0. The van der Waals surface area contributed by atoms with Crippen LogP contribution in [0, 0.1) is 0 Å². The quantitative estimate of drug-likeness (QED) is 0.564. The zero-order valence-corrected chi connectivity index (χ0v) is 6.50. The molecule has 0 saturated heterocycles. The van der Waals surface area contributed by atoms with E-state index in [-0.39, 0.29) is 6.66 Å². The van der Waals surface area contributed by atoms with E-state index in [4.69, 9.17) is 4.89 Å². The minimum atomic E-state index is -5.98. The van der Waals surface area contributed by atoms with Crippen LogP contribution in [0.3, 0.4) is 0 Å². The Hall–Kier alpha value is -0.200. The second kappa shape index (κ2) is 2.93. The van der Waals surface area contributed by atoms with E-state index >= 15 is 0 Å². The Balaban J connectivity index is 4.56. The van der Waals surface area contributed by atoms with Crippen molar-refractivity contribution < 1.29 is 35.9 Å². The Morgan fingerprint density at radius 1 is 1.25 bits per heavy atom. The SMILES string of the molecule is CP(=O)(O)OC(F)(F)C(F)(F)F. The van der Waals surface area contributed by atoms with Gasteiger partial charge in [-0.05, 0) is 0 Å². The van der Waals surface area contributed by atoms with Gasteiger partial charge in [0, 0.05) is 6.66 Å². The molecule has 1 N–H and O–H groups in total. The van der Waals surface area contributed by atoms with Crippen LogP contribution in [-0.2, 0) is 9.09 Å². The molecule has 1 unspecified atom stereocenters. The van der Waals surface area contributed by atoms with Crippen molar-refractivity contribution in [3.05, 3.63) is 0 Å². The summed E-state index contributed by atoms with van der Waals surface area (Å²) in [7, 11) is -4.85. The highest BCUT2D eigenvalue weighted by Crippen LogP contribution is 2.49. The van der Waals surface area contributed by atoms with Gasteiger partial charge in [-0.15, -0.1) is 0 Å². The third kappa shape index (κ3) is 3.46. The lowest BCUT2D eigenvalue weighted by Gasteiger charge is -2.20. The molecule has 0 amide bonds. The van der Waals surface area contributed by atoms with Gasteiger partial charge in [0.25, 0.3) is 0 Å². The number of alkyl halides is 5. The van der Waals surface area contributed by atoms with Crippen LogP contribution >= 0.6 is 7.60 Å². The maximum Gasteiger partial charge on any atom is 0.483 e. The summed E-state index contributed by atoms with van der Waals surface area (Å²) in [5.74, 6) is 0. The summed E-state index contributed by atoms with van der Waals surface area (Å²) >= 11 is 0. The van der Waals surface area contributed by atoms with Gasteiger partial charge in [0.05, 0.1) is 0 Å². The molecule has 0 saturated carbocycles. The summed E-state index contributed by atoms with van der Waals surface area (Å²) in [4.78, 5) is 8.07. The van der Waals surface area contributed by atoms with Gasteiger partial charge in [0.1, 0.15) is 0 Å². The zero-order chi connectivity index (χ0) is 10.2. The number of rotatable bonds is 2. The maximum absolute atomic E-state index is 11.7. The van der Waals surface area contributed by atoms with E-state index in [1.54, 1.807) is 0 Å². The highest BCUT2D eigenvalue weighted by Gasteiger charge is 2.61. The molecule has 12 heavy (non-hydrogen) atoms. The summed E-state index contributed by atoms with van der Waals surface area (Å²) in [5.41, 5.74) is 0. The summed E-state index contributed by atoms with van der Waals surface area (Å²) in [6.45, 7) is 0.229. The Morgan fingerprint density at radius 3 is 1.67 bits per heavy atom. The number of hydrogen-bond acceptors (Lipinski definition) is 2. The lowest BCUT2D eigenvalue weighted by atomic mass is 10.6. The molecule has 9 heteroatoms. The van der Waals surface area contributed by atoms with Crippen molar-refractivity contribution in [1.82, 2.24) is 0 Å². The summed E-state index contributed by atoms with van der Waals surface area (Å²) in [6, 6.07) is 0. The highest BCUT2D eigenvalue weighted by molar-refractivity contribution is 7.51. The molecule has 74 valence electrons. The molecule has 0 rings (SSSR count). The molecule has 0 aliphatic carbocycles. The van der Waals surface area contributed by atoms with Crippen molar-refractivity contribution in [1.29, 1.82) is 0 Å². The first-order valence-electron chi connectivity index (χ1n) is 2.41. The van der Waals surface area contributed by atoms with Crippen molar-refractivity contribution in [2.75, 3.05) is 6.66 Å². The summed E-state index contributed by atoms with van der Waals surface area (Å²) in [6.07, 6.45) is -11.6. The molecular formula is C3H4F5O3P. The maximum atomic E-state index is 11.7. The molecule has 0 radical (unpaired) electrons. The van der Waals surface area contributed by atoms with Crippen LogP contribution in [0.2, 0.25) is 0 Å². The zero-order valence-electron chi connectivity index (χ0n) is 5.60. The lowest BCUT2D eigenvalue weighted by molar-refractivity contribution is -0.362. The first kappa shape index (κ1) is 11.8. The van der Waals surface area contributed by atoms with Gasteiger partial charge in [0.15, 0.2) is 0 Å². The number of hydrogen-bond donors (Lipinski definition) is 1. The third-order valence-electron chi connectivity index (χ3n) is 0.614. The molecule has 0 aromatic carbocycles. The van der Waals surface area contributed by atoms with E-state index in [0.717, 1.165) is 0 Å². The molecule has 3 nitrogen and oxygen atoms in total. The van der Waals surface area contributed by atoms with Crippen LogP contribution in [0.15, 0.2) is 0 Å². The Labute approximate surface area is 63.7 Å². The molecule has 0 spiro atoms. The summed E-state index contributed by atoms with van der Waals surface area (Å²) < 4.78 is 69.9. The van der Waals surface area contributed by atoms with Gasteiger partial charge in [-0.2, -0.15) is 22.0 Å². The molecule has 0 heterocycles. The van der Waals surface area contributed by atoms with Gasteiger partial charge >= 0.3 is 19.9 Å². The van der Waals surface area contributed by atoms with Crippen molar-refractivity contribution in [3.63, 3.8) is 0 Å². The van der Waals surface area contributed by atoms with E-state index in [1.165, 1.54) is 0 Å². The monoisotopic (exact) mass is 214 g/mol. The Kier molecular flexibility index (Phi) is 2.89. The average molecular weight is 214 g/mol. The average Bonchev–Trinajstić information content (AvgIpc) is 1.52. The largest absolute Gasteiger partial charge is 0.483 e. The van der Waals surface area contributed by atoms with Crippen LogP contribution in [0.25, 0.3) is 0 Å². The molecule has 0 aromatic heterocycles. The fourth-order valence-electron chi connectivity index (χ4n) is 0.264. The predicted molar refractivity (Wildman–Crippen MR) is 27.8 cm³/mol. The minimum absolute atomic E-state index is 0.229. The fourth-order valence-corrected chi connectivity index (χ4v) is 0.793. The minimum Gasteiger partial charge on any atom is -0.324 e. The first-order chi connectivity index (χ1) is 4.96. The van der Waals surface area contributed by atoms with Gasteiger partial charge in [-0.1, -0.05) is 0 Å². The van der Waals surface area contributed by atoms with Crippen LogP contribution in [0.1, 0.15) is 0 Å². The van der Waals surface area contributed by atoms with Crippen molar-refractivity contribution in [2.45, 2.75) is 12.3 Å². The normalized spacial score (nSPS) is 18.9. The van der Waals surface area contributed by atoms with E-state index < -0.39 is 19.9 Å². The van der Waals surface area contributed by atoms with Crippen LogP contribution < -0.4 is 0 Å². The van der Waals surface area contributed by atoms with Crippen LogP contribution in [0.4, 0.5) is 22.0 Å². The smallest absolute Gasteiger partial charge is 0.324 e. The van der Waals surface area contributed by atoms with Crippen molar-refractivity contribution in [3.8, 4) is 0 Å². The molecule has 0 fully saturated rings. The molecule has 0 aliphatic heterocycles. The van der Waals surface area contributed by atoms with Crippen molar-refractivity contribution in [2.24, 2.45) is 0 Å². The predicted octanol–water partition coefficient (Wildman–Crippen LogP) is 1.97. The van der Waals surface area contributed by atoms with Crippen LogP contribution in [-0.4, -0.2) is 23.8 Å². The molecule has 0 aromatic rings. The van der Waals surface area contributed by atoms with Crippen molar-refractivity contribution >= 4 is 7.60 Å². The van der Waals surface area contributed by atoms with Crippen LogP contribution in [0.5, 0.6) is 0 Å². The standard InChI is InChI=1S/C3H4F5O3P/c1-12(9,10)11-3(7,8)2(4,5)6/h1H3,(H,9,10). The first-order valence-corrected chi connectivity index (χ1v) is 4.44. The molecule has 0 bridgehead atoms. The Bertz CT molecular complexity index is 204. The molecule has 1 atom stereocenters. The van der Waals surface area contributed by atoms with Gasteiger partial charge < -0.3 is 4.89 Å². The lowest BCUT2D eigenvalue weighted by Crippen LogP contribution is -2.38. The van der Waals surface area contributed by atoms with Gasteiger partial charge in [-0.25, -0.2) is 4.52 Å². The third-order valence-corrected chi connectivity index (χ3v) is 1.18. The fraction of sp³-hybridized carbons (Fsp3) is 1.00. The van der Waals surface area contributed by atoms with E-state index in [0.29, 0.717) is 0 Å². The van der Waals surface area contributed by atoms with Gasteiger partial charge in [0.2, 0.25) is 0 Å². The molecular weight excluding hydrogens is 210 g/mol. The Morgan fingerprint density at radius 2 is 1.58 bits per heavy atom. The van der Waals surface area contributed by atoms with E-state index in [1.807, 2.05) is 0 Å². The second-order valence-electron chi connectivity index (χ2n) is 1.91. The number of halogens is 5.